The van der Waals surface area contributed by atoms with Crippen LogP contribution in [0.15, 0.2) is 37.9 Å². The van der Waals surface area contributed by atoms with Gasteiger partial charge >= 0.3 is 0 Å². The second kappa shape index (κ2) is 8.77. The number of piperazine rings is 1. The largest absolute Gasteiger partial charge is 0.323 e. The molecule has 134 valence electrons. The van der Waals surface area contributed by atoms with Crippen LogP contribution in [0.25, 0.3) is 0 Å². The number of benzene rings is 1. The number of hydrogen-bond donors (Lipinski definition) is 1. The van der Waals surface area contributed by atoms with E-state index in [1.807, 2.05) is 19.1 Å². The van der Waals surface area contributed by atoms with Crippen molar-refractivity contribution in [2.45, 2.75) is 13.5 Å². The van der Waals surface area contributed by atoms with Crippen LogP contribution in [0.1, 0.15) is 11.1 Å². The van der Waals surface area contributed by atoms with Gasteiger partial charge in [0.05, 0.1) is 12.2 Å². The summed E-state index contributed by atoms with van der Waals surface area (Å²) in [5, 5.41) is 7.34. The molecule has 0 atom stereocenters. The summed E-state index contributed by atoms with van der Waals surface area (Å²) in [6.07, 6.45) is 0. The molecule has 0 unspecified atom stereocenters. The quantitative estimate of drug-likeness (QED) is 0.682. The Balaban J connectivity index is 1.48. The van der Waals surface area contributed by atoms with Crippen LogP contribution >= 0.6 is 43.2 Å². The Morgan fingerprint density at radius 1 is 1.16 bits per heavy atom. The number of anilines is 1. The average molecular weight is 487 g/mol. The van der Waals surface area contributed by atoms with Gasteiger partial charge in [0.2, 0.25) is 5.91 Å². The molecule has 2 aromatic rings. The van der Waals surface area contributed by atoms with Gasteiger partial charge in [-0.25, -0.2) is 0 Å². The highest BCUT2D eigenvalue weighted by molar-refractivity contribution is 9.11. The Morgan fingerprint density at radius 2 is 1.80 bits per heavy atom. The van der Waals surface area contributed by atoms with Gasteiger partial charge in [0.25, 0.3) is 0 Å². The third kappa shape index (κ3) is 5.37. The zero-order valence-electron chi connectivity index (χ0n) is 14.1. The highest BCUT2D eigenvalue weighted by atomic mass is 79.9. The summed E-state index contributed by atoms with van der Waals surface area (Å²) in [7, 11) is 0. The minimum absolute atomic E-state index is 0.0246. The number of rotatable bonds is 5. The van der Waals surface area contributed by atoms with Crippen molar-refractivity contribution in [3.05, 3.63) is 49.0 Å². The zero-order valence-corrected chi connectivity index (χ0v) is 18.1. The molecule has 0 bridgehead atoms. The summed E-state index contributed by atoms with van der Waals surface area (Å²) in [5.74, 6) is 0.0246. The van der Waals surface area contributed by atoms with Gasteiger partial charge in [0, 0.05) is 41.7 Å². The summed E-state index contributed by atoms with van der Waals surface area (Å²) in [6, 6.07) is 6.19. The molecule has 1 aliphatic rings. The lowest BCUT2D eigenvalue weighted by atomic mass is 10.2. The van der Waals surface area contributed by atoms with Crippen LogP contribution in [0, 0.1) is 6.92 Å². The predicted molar refractivity (Wildman–Crippen MR) is 111 cm³/mol. The van der Waals surface area contributed by atoms with E-state index in [1.165, 1.54) is 5.56 Å². The fourth-order valence-corrected chi connectivity index (χ4v) is 5.22. The first-order valence-electron chi connectivity index (χ1n) is 8.22. The maximum atomic E-state index is 12.4. The smallest absolute Gasteiger partial charge is 0.238 e. The number of nitrogens with one attached hydrogen (secondary N) is 1. The number of aryl methyl sites for hydroxylation is 1. The van der Waals surface area contributed by atoms with Gasteiger partial charge in [0.15, 0.2) is 0 Å². The van der Waals surface area contributed by atoms with Gasteiger partial charge in [0.1, 0.15) is 0 Å². The van der Waals surface area contributed by atoms with Crippen LogP contribution in [-0.2, 0) is 11.3 Å². The molecule has 1 aromatic carbocycles. The number of halogens is 2. The second-order valence-electron chi connectivity index (χ2n) is 6.34. The van der Waals surface area contributed by atoms with Crippen molar-refractivity contribution in [1.82, 2.24) is 9.80 Å². The van der Waals surface area contributed by atoms with Gasteiger partial charge in [-0.1, -0.05) is 0 Å². The highest BCUT2D eigenvalue weighted by Crippen LogP contribution is 2.32. The predicted octanol–water partition coefficient (Wildman–Crippen LogP) is 4.34. The lowest BCUT2D eigenvalue weighted by Gasteiger charge is -2.34. The molecule has 0 saturated carbocycles. The molecule has 0 aliphatic carbocycles. The molecule has 2 heterocycles. The minimum atomic E-state index is 0.0246. The van der Waals surface area contributed by atoms with Crippen molar-refractivity contribution >= 4 is 54.8 Å². The first-order valence-corrected chi connectivity index (χ1v) is 10.8. The maximum absolute atomic E-state index is 12.4. The normalized spacial score (nSPS) is 16.1. The molecule has 0 spiro atoms. The Hall–Kier alpha value is -0.730. The van der Waals surface area contributed by atoms with Crippen molar-refractivity contribution in [1.29, 1.82) is 0 Å². The summed E-state index contributed by atoms with van der Waals surface area (Å²) in [6.45, 7) is 7.31. The van der Waals surface area contributed by atoms with E-state index in [0.29, 0.717) is 6.54 Å². The summed E-state index contributed by atoms with van der Waals surface area (Å²) >= 11 is 8.79. The average Bonchev–Trinajstić information content (AvgIpc) is 3.06. The lowest BCUT2D eigenvalue weighted by Crippen LogP contribution is -2.48. The lowest BCUT2D eigenvalue weighted by molar-refractivity contribution is -0.117. The fraction of sp³-hybridized carbons (Fsp3) is 0.389. The topological polar surface area (TPSA) is 35.6 Å². The van der Waals surface area contributed by atoms with E-state index in [-0.39, 0.29) is 5.91 Å². The SMILES string of the molecule is Cc1cc(Br)c(NC(=O)CN2CCN(Cc3ccsc3)CC2)c(Br)c1. The van der Waals surface area contributed by atoms with Crippen LogP contribution in [0.4, 0.5) is 5.69 Å². The molecular weight excluding hydrogens is 466 g/mol. The van der Waals surface area contributed by atoms with Gasteiger partial charge < -0.3 is 5.32 Å². The van der Waals surface area contributed by atoms with Gasteiger partial charge in [-0.2, -0.15) is 11.3 Å². The Morgan fingerprint density at radius 3 is 2.40 bits per heavy atom. The highest BCUT2D eigenvalue weighted by Gasteiger charge is 2.20. The van der Waals surface area contributed by atoms with Crippen molar-refractivity contribution in [2.24, 2.45) is 0 Å². The summed E-state index contributed by atoms with van der Waals surface area (Å²) in [4.78, 5) is 17.1. The fourth-order valence-electron chi connectivity index (χ4n) is 2.95. The Bertz CT molecular complexity index is 705. The van der Waals surface area contributed by atoms with Crippen LogP contribution in [0.2, 0.25) is 0 Å². The van der Waals surface area contributed by atoms with E-state index in [2.05, 4.69) is 63.8 Å². The maximum Gasteiger partial charge on any atom is 0.238 e. The Kier molecular flexibility index (Phi) is 6.68. The summed E-state index contributed by atoms with van der Waals surface area (Å²) < 4.78 is 1.79. The molecule has 0 radical (unpaired) electrons. The van der Waals surface area contributed by atoms with Gasteiger partial charge in [-0.05, 0) is 78.9 Å². The van der Waals surface area contributed by atoms with Gasteiger partial charge in [-0.3, -0.25) is 14.6 Å². The number of amides is 1. The Labute approximate surface area is 169 Å². The van der Waals surface area contributed by atoms with Crippen molar-refractivity contribution in [3.8, 4) is 0 Å². The van der Waals surface area contributed by atoms with E-state index >= 15 is 0 Å². The van der Waals surface area contributed by atoms with E-state index in [1.54, 1.807) is 11.3 Å². The van der Waals surface area contributed by atoms with Crippen LogP contribution < -0.4 is 5.32 Å². The number of carbonyl (C=O) groups excluding carboxylic acids is 1. The van der Waals surface area contributed by atoms with Crippen molar-refractivity contribution in [3.63, 3.8) is 0 Å². The zero-order chi connectivity index (χ0) is 17.8. The molecule has 25 heavy (non-hydrogen) atoms. The number of carbonyl (C=O) groups is 1. The van der Waals surface area contributed by atoms with E-state index in [0.717, 1.165) is 52.9 Å². The minimum Gasteiger partial charge on any atom is -0.323 e. The standard InChI is InChI=1S/C18H21Br2N3OS/c1-13-8-15(19)18(16(20)9-13)21-17(24)11-23-5-3-22(4-6-23)10-14-2-7-25-12-14/h2,7-9,12H,3-6,10-11H2,1H3,(H,21,24). The molecule has 3 rings (SSSR count). The number of thiophene rings is 1. The van der Waals surface area contributed by atoms with Gasteiger partial charge in [-0.15, -0.1) is 0 Å². The molecule has 1 amide bonds. The van der Waals surface area contributed by atoms with E-state index < -0.39 is 0 Å². The van der Waals surface area contributed by atoms with Crippen LogP contribution in [-0.4, -0.2) is 48.4 Å². The number of hydrogen-bond acceptors (Lipinski definition) is 4. The third-order valence-electron chi connectivity index (χ3n) is 4.27. The monoisotopic (exact) mass is 485 g/mol. The molecule has 1 N–H and O–H groups in total. The number of nitrogens with zero attached hydrogens (tertiary/aromatic N) is 2. The third-order valence-corrected chi connectivity index (χ3v) is 6.25. The van der Waals surface area contributed by atoms with Crippen LogP contribution in [0.3, 0.4) is 0 Å². The first-order chi connectivity index (χ1) is 12.0. The molecule has 1 aromatic heterocycles. The molecule has 4 nitrogen and oxygen atoms in total. The second-order valence-corrected chi connectivity index (χ2v) is 8.82. The molecule has 1 fully saturated rings. The van der Waals surface area contributed by atoms with E-state index in [4.69, 9.17) is 0 Å². The van der Waals surface area contributed by atoms with Crippen molar-refractivity contribution in [2.75, 3.05) is 38.0 Å². The summed E-state index contributed by atoms with van der Waals surface area (Å²) in [5.41, 5.74) is 3.32. The molecular formula is C18H21Br2N3OS. The first kappa shape index (κ1) is 19.0. The van der Waals surface area contributed by atoms with Crippen molar-refractivity contribution < 1.29 is 4.79 Å². The van der Waals surface area contributed by atoms with E-state index in [9.17, 15) is 4.79 Å². The molecule has 7 heteroatoms. The molecule has 1 aliphatic heterocycles. The van der Waals surface area contributed by atoms with Crippen LogP contribution in [0.5, 0.6) is 0 Å². The molecule has 1 saturated heterocycles.